The van der Waals surface area contributed by atoms with E-state index in [4.69, 9.17) is 9.26 Å². The van der Waals surface area contributed by atoms with Gasteiger partial charge in [0.25, 0.3) is 0 Å². The monoisotopic (exact) mass is 384 g/mol. The molecule has 0 radical (unpaired) electrons. The smallest absolute Gasteiger partial charge is 0.226 e. The van der Waals surface area contributed by atoms with Crippen molar-refractivity contribution in [3.8, 4) is 17.1 Å². The number of halogens is 2. The first-order valence-electron chi connectivity index (χ1n) is 8.94. The number of nitrogens with zero attached hydrogens (tertiary/aromatic N) is 1. The molecule has 4 rings (SSSR count). The molecule has 28 heavy (non-hydrogen) atoms. The van der Waals surface area contributed by atoms with Crippen molar-refractivity contribution < 1.29 is 22.8 Å². The van der Waals surface area contributed by atoms with Crippen LogP contribution in [0.1, 0.15) is 23.7 Å². The molecule has 0 bridgehead atoms. The summed E-state index contributed by atoms with van der Waals surface area (Å²) in [4.78, 5) is 12.1. The van der Waals surface area contributed by atoms with Gasteiger partial charge in [-0.25, -0.2) is 8.78 Å². The van der Waals surface area contributed by atoms with Gasteiger partial charge >= 0.3 is 0 Å². The molecule has 1 atom stereocenters. The summed E-state index contributed by atoms with van der Waals surface area (Å²) in [5, 5.41) is 6.42. The Bertz CT molecular complexity index is 1010. The number of fused-ring (bicyclic) bond motifs is 1. The normalized spacial score (nSPS) is 15.2. The molecule has 0 aliphatic carbocycles. The summed E-state index contributed by atoms with van der Waals surface area (Å²) >= 11 is 0. The van der Waals surface area contributed by atoms with Gasteiger partial charge in [-0.1, -0.05) is 11.2 Å². The predicted molar refractivity (Wildman–Crippen MR) is 97.6 cm³/mol. The maximum absolute atomic E-state index is 13.6. The molecule has 1 N–H and O–H groups in total. The lowest BCUT2D eigenvalue weighted by atomic mass is 10.1. The Hall–Kier alpha value is -3.22. The minimum absolute atomic E-state index is 0.0509. The predicted octanol–water partition coefficient (Wildman–Crippen LogP) is 3.80. The third-order valence-corrected chi connectivity index (χ3v) is 4.61. The van der Waals surface area contributed by atoms with Crippen molar-refractivity contribution in [2.45, 2.75) is 32.4 Å². The minimum Gasteiger partial charge on any atom is -0.490 e. The Kier molecular flexibility index (Phi) is 4.81. The number of hydrogen-bond donors (Lipinski definition) is 1. The van der Waals surface area contributed by atoms with E-state index in [9.17, 15) is 13.6 Å². The van der Waals surface area contributed by atoms with E-state index in [-0.39, 0.29) is 24.6 Å². The molecule has 0 saturated carbocycles. The van der Waals surface area contributed by atoms with E-state index in [1.807, 2.05) is 25.1 Å². The highest BCUT2D eigenvalue weighted by molar-refractivity contribution is 5.78. The van der Waals surface area contributed by atoms with Crippen LogP contribution >= 0.6 is 0 Å². The zero-order valence-electron chi connectivity index (χ0n) is 15.2. The first-order valence-corrected chi connectivity index (χ1v) is 8.94. The summed E-state index contributed by atoms with van der Waals surface area (Å²) in [5.41, 5.74) is 2.22. The second-order valence-corrected chi connectivity index (χ2v) is 6.79. The molecule has 1 amide bonds. The van der Waals surface area contributed by atoms with E-state index < -0.39 is 17.5 Å². The molecule has 0 fully saturated rings. The van der Waals surface area contributed by atoms with E-state index in [1.165, 1.54) is 6.07 Å². The van der Waals surface area contributed by atoms with Gasteiger partial charge in [0.15, 0.2) is 5.76 Å². The summed E-state index contributed by atoms with van der Waals surface area (Å²) < 4.78 is 38.3. The van der Waals surface area contributed by atoms with E-state index in [0.717, 1.165) is 35.4 Å². The SMILES string of the molecule is CC1Cc2cc(-c3cc(CC(=O)NCc4c(F)cccc4F)no3)ccc2O1. The topological polar surface area (TPSA) is 64.4 Å². The first kappa shape index (κ1) is 18.2. The first-order chi connectivity index (χ1) is 13.5. The third kappa shape index (κ3) is 3.74. The van der Waals surface area contributed by atoms with Crippen molar-refractivity contribution in [3.05, 3.63) is 70.9 Å². The summed E-state index contributed by atoms with van der Waals surface area (Å²) in [6, 6.07) is 11.0. The Morgan fingerprint density at radius 1 is 1.21 bits per heavy atom. The number of hydrogen-bond acceptors (Lipinski definition) is 4. The highest BCUT2D eigenvalue weighted by atomic mass is 19.1. The highest BCUT2D eigenvalue weighted by Crippen LogP contribution is 2.33. The number of amides is 1. The fourth-order valence-electron chi connectivity index (χ4n) is 3.22. The van der Waals surface area contributed by atoms with Crippen LogP contribution in [0.3, 0.4) is 0 Å². The molecule has 3 aromatic rings. The lowest BCUT2D eigenvalue weighted by molar-refractivity contribution is -0.120. The van der Waals surface area contributed by atoms with Crippen molar-refractivity contribution in [1.82, 2.24) is 10.5 Å². The van der Waals surface area contributed by atoms with Gasteiger partial charge < -0.3 is 14.6 Å². The largest absolute Gasteiger partial charge is 0.490 e. The molecule has 0 saturated heterocycles. The molecule has 5 nitrogen and oxygen atoms in total. The summed E-state index contributed by atoms with van der Waals surface area (Å²) in [6.07, 6.45) is 0.933. The standard InChI is InChI=1S/C21H18F2N2O3/c1-12-7-14-8-13(5-6-19(14)27-12)20-9-15(25-28-20)10-21(26)24-11-16-17(22)3-2-4-18(16)23/h2-6,8-9,12H,7,10-11H2,1H3,(H,24,26). The Labute approximate surface area is 160 Å². The van der Waals surface area contributed by atoms with Gasteiger partial charge in [0, 0.05) is 30.2 Å². The number of ether oxygens (including phenoxy) is 1. The molecule has 1 aromatic heterocycles. The number of carbonyl (C=O) groups is 1. The van der Waals surface area contributed by atoms with Gasteiger partial charge in [-0.05, 0) is 42.8 Å². The van der Waals surface area contributed by atoms with Crippen LogP contribution in [-0.4, -0.2) is 17.2 Å². The Balaban J connectivity index is 1.40. The van der Waals surface area contributed by atoms with Crippen LogP contribution in [-0.2, 0) is 24.2 Å². The molecule has 144 valence electrons. The van der Waals surface area contributed by atoms with Gasteiger partial charge in [-0.3, -0.25) is 4.79 Å². The molecule has 1 aliphatic heterocycles. The molecule has 7 heteroatoms. The Morgan fingerprint density at radius 3 is 2.79 bits per heavy atom. The van der Waals surface area contributed by atoms with E-state index >= 15 is 0 Å². The molecule has 2 aromatic carbocycles. The van der Waals surface area contributed by atoms with E-state index in [0.29, 0.717) is 11.5 Å². The van der Waals surface area contributed by atoms with Crippen molar-refractivity contribution in [2.75, 3.05) is 0 Å². The van der Waals surface area contributed by atoms with Gasteiger partial charge in [0.1, 0.15) is 23.5 Å². The molecular weight excluding hydrogens is 366 g/mol. The number of benzene rings is 2. The van der Waals surface area contributed by atoms with Crippen molar-refractivity contribution in [1.29, 1.82) is 0 Å². The van der Waals surface area contributed by atoms with Crippen LogP contribution in [0.4, 0.5) is 8.78 Å². The molecule has 2 heterocycles. The van der Waals surface area contributed by atoms with Crippen molar-refractivity contribution >= 4 is 5.91 Å². The van der Waals surface area contributed by atoms with Gasteiger partial charge in [-0.2, -0.15) is 0 Å². The molecule has 1 unspecified atom stereocenters. The minimum atomic E-state index is -0.695. The van der Waals surface area contributed by atoms with Gasteiger partial charge in [-0.15, -0.1) is 0 Å². The molecule has 0 spiro atoms. The van der Waals surface area contributed by atoms with Gasteiger partial charge in [0.05, 0.1) is 12.1 Å². The molecular formula is C21H18F2N2O3. The second-order valence-electron chi connectivity index (χ2n) is 6.79. The van der Waals surface area contributed by atoms with Crippen LogP contribution in [0.2, 0.25) is 0 Å². The van der Waals surface area contributed by atoms with Crippen LogP contribution in [0.25, 0.3) is 11.3 Å². The fraction of sp³-hybridized carbons (Fsp3) is 0.238. The summed E-state index contributed by atoms with van der Waals surface area (Å²) in [5.74, 6) is -0.377. The van der Waals surface area contributed by atoms with E-state index in [1.54, 1.807) is 6.07 Å². The third-order valence-electron chi connectivity index (χ3n) is 4.61. The zero-order chi connectivity index (χ0) is 19.7. The number of carbonyl (C=O) groups excluding carboxylic acids is 1. The zero-order valence-corrected chi connectivity index (χ0v) is 15.2. The summed E-state index contributed by atoms with van der Waals surface area (Å²) in [6.45, 7) is 1.78. The Morgan fingerprint density at radius 2 is 2.00 bits per heavy atom. The van der Waals surface area contributed by atoms with Crippen LogP contribution in [0.15, 0.2) is 47.0 Å². The quantitative estimate of drug-likeness (QED) is 0.727. The highest BCUT2D eigenvalue weighted by Gasteiger charge is 2.20. The van der Waals surface area contributed by atoms with Crippen LogP contribution < -0.4 is 10.1 Å². The average Bonchev–Trinajstić information content (AvgIpc) is 3.26. The average molecular weight is 384 g/mol. The fourth-order valence-corrected chi connectivity index (χ4v) is 3.22. The van der Waals surface area contributed by atoms with E-state index in [2.05, 4.69) is 10.5 Å². The maximum Gasteiger partial charge on any atom is 0.226 e. The van der Waals surface area contributed by atoms with Crippen LogP contribution in [0.5, 0.6) is 5.75 Å². The van der Waals surface area contributed by atoms with Gasteiger partial charge in [0.2, 0.25) is 5.91 Å². The lowest BCUT2D eigenvalue weighted by Gasteiger charge is -2.06. The second kappa shape index (κ2) is 7.42. The number of nitrogens with one attached hydrogen (secondary N) is 1. The van der Waals surface area contributed by atoms with Crippen molar-refractivity contribution in [3.63, 3.8) is 0 Å². The number of rotatable bonds is 5. The maximum atomic E-state index is 13.6. The number of aromatic nitrogens is 1. The molecule has 1 aliphatic rings. The lowest BCUT2D eigenvalue weighted by Crippen LogP contribution is -2.25. The summed E-state index contributed by atoms with van der Waals surface area (Å²) in [7, 11) is 0. The van der Waals surface area contributed by atoms with Crippen molar-refractivity contribution in [2.24, 2.45) is 0 Å². The van der Waals surface area contributed by atoms with Crippen LogP contribution in [0, 0.1) is 11.6 Å².